The number of hydrogen-bond donors (Lipinski definition) is 2. The van der Waals surface area contributed by atoms with E-state index in [-0.39, 0.29) is 22.0 Å². The zero-order valence-electron chi connectivity index (χ0n) is 10.3. The SMILES string of the molecule is O=C(O)c1cccc([N+](=O)[O-])c1Nc1ccc(F)cc1Cl. The molecule has 0 aliphatic heterocycles. The second-order valence-corrected chi connectivity index (χ2v) is 4.42. The Labute approximate surface area is 122 Å². The van der Waals surface area contributed by atoms with Crippen LogP contribution in [-0.4, -0.2) is 16.0 Å². The number of nitro benzene ring substituents is 1. The quantitative estimate of drug-likeness (QED) is 0.661. The molecule has 0 amide bonds. The van der Waals surface area contributed by atoms with Crippen LogP contribution in [0.3, 0.4) is 0 Å². The number of benzene rings is 2. The van der Waals surface area contributed by atoms with E-state index in [9.17, 15) is 19.3 Å². The average molecular weight is 311 g/mol. The second kappa shape index (κ2) is 5.76. The van der Waals surface area contributed by atoms with Crippen molar-refractivity contribution in [3.05, 3.63) is 62.9 Å². The summed E-state index contributed by atoms with van der Waals surface area (Å²) in [6.45, 7) is 0. The highest BCUT2D eigenvalue weighted by Crippen LogP contribution is 2.34. The molecule has 0 aromatic heterocycles. The predicted molar refractivity (Wildman–Crippen MR) is 74.7 cm³/mol. The third kappa shape index (κ3) is 3.09. The number of halogens is 2. The maximum absolute atomic E-state index is 13.0. The summed E-state index contributed by atoms with van der Waals surface area (Å²) in [5, 5.41) is 22.7. The van der Waals surface area contributed by atoms with Crippen molar-refractivity contribution in [3.63, 3.8) is 0 Å². The second-order valence-electron chi connectivity index (χ2n) is 4.01. The lowest BCUT2D eigenvalue weighted by molar-refractivity contribution is -0.383. The number of carboxylic acid groups (broad SMARTS) is 1. The fraction of sp³-hybridized carbons (Fsp3) is 0. The lowest BCUT2D eigenvalue weighted by atomic mass is 10.1. The van der Waals surface area contributed by atoms with Gasteiger partial charge in [0.1, 0.15) is 11.5 Å². The van der Waals surface area contributed by atoms with E-state index in [1.54, 1.807) is 0 Å². The molecule has 0 spiro atoms. The average Bonchev–Trinajstić information content (AvgIpc) is 2.41. The minimum Gasteiger partial charge on any atom is -0.478 e. The molecule has 0 aliphatic carbocycles. The van der Waals surface area contributed by atoms with Crippen molar-refractivity contribution in [1.29, 1.82) is 0 Å². The maximum Gasteiger partial charge on any atom is 0.338 e. The van der Waals surface area contributed by atoms with Crippen molar-refractivity contribution in [2.75, 3.05) is 5.32 Å². The highest BCUT2D eigenvalue weighted by atomic mass is 35.5. The van der Waals surface area contributed by atoms with Crippen molar-refractivity contribution in [3.8, 4) is 0 Å². The topological polar surface area (TPSA) is 92.5 Å². The third-order valence-corrected chi connectivity index (χ3v) is 2.97. The van der Waals surface area contributed by atoms with E-state index in [4.69, 9.17) is 16.7 Å². The first-order chi connectivity index (χ1) is 9.90. The third-order valence-electron chi connectivity index (χ3n) is 2.66. The van der Waals surface area contributed by atoms with Gasteiger partial charge in [0, 0.05) is 6.07 Å². The molecule has 108 valence electrons. The van der Waals surface area contributed by atoms with Gasteiger partial charge in [-0.3, -0.25) is 10.1 Å². The first-order valence-electron chi connectivity index (χ1n) is 5.63. The van der Waals surface area contributed by atoms with Gasteiger partial charge in [-0.15, -0.1) is 0 Å². The van der Waals surface area contributed by atoms with E-state index in [1.807, 2.05) is 0 Å². The van der Waals surface area contributed by atoms with E-state index in [1.165, 1.54) is 18.2 Å². The van der Waals surface area contributed by atoms with Crippen LogP contribution < -0.4 is 5.32 Å². The van der Waals surface area contributed by atoms with Gasteiger partial charge in [0.05, 0.1) is 21.2 Å². The molecule has 2 aromatic carbocycles. The summed E-state index contributed by atoms with van der Waals surface area (Å²) in [5.74, 6) is -1.91. The van der Waals surface area contributed by atoms with Crippen LogP contribution in [0.15, 0.2) is 36.4 Å². The van der Waals surface area contributed by atoms with Gasteiger partial charge in [-0.2, -0.15) is 0 Å². The molecule has 0 atom stereocenters. The summed E-state index contributed by atoms with van der Waals surface area (Å²) < 4.78 is 13.0. The van der Waals surface area contributed by atoms with Crippen LogP contribution in [-0.2, 0) is 0 Å². The molecule has 0 bridgehead atoms. The minimum absolute atomic E-state index is 0.0236. The molecule has 0 saturated carbocycles. The molecule has 6 nitrogen and oxygen atoms in total. The van der Waals surface area contributed by atoms with Crippen molar-refractivity contribution >= 4 is 34.6 Å². The van der Waals surface area contributed by atoms with Crippen LogP contribution in [0.2, 0.25) is 5.02 Å². The number of anilines is 2. The predicted octanol–water partition coefficient (Wildman–Crippen LogP) is 3.83. The van der Waals surface area contributed by atoms with Crippen LogP contribution in [0.4, 0.5) is 21.5 Å². The number of nitro groups is 1. The van der Waals surface area contributed by atoms with E-state index in [2.05, 4.69) is 5.32 Å². The maximum atomic E-state index is 13.0. The first-order valence-corrected chi connectivity index (χ1v) is 6.00. The number of rotatable bonds is 4. The molecule has 21 heavy (non-hydrogen) atoms. The number of carboxylic acids is 1. The number of nitrogens with one attached hydrogen (secondary N) is 1. The first kappa shape index (κ1) is 14.7. The summed E-state index contributed by atoms with van der Waals surface area (Å²) in [6.07, 6.45) is 0. The van der Waals surface area contributed by atoms with Crippen LogP contribution >= 0.6 is 11.6 Å². The Morgan fingerprint density at radius 1 is 1.33 bits per heavy atom. The number of para-hydroxylation sites is 1. The minimum atomic E-state index is -1.33. The Bertz CT molecular complexity index is 704. The Kier molecular flexibility index (Phi) is 4.04. The van der Waals surface area contributed by atoms with Gasteiger partial charge in [0.2, 0.25) is 0 Å². The van der Waals surface area contributed by atoms with Crippen LogP contribution in [0.25, 0.3) is 0 Å². The molecule has 0 radical (unpaired) electrons. The van der Waals surface area contributed by atoms with Crippen LogP contribution in [0.1, 0.15) is 10.4 Å². The summed E-state index contributed by atoms with van der Waals surface area (Å²) in [7, 11) is 0. The highest BCUT2D eigenvalue weighted by Gasteiger charge is 2.22. The van der Waals surface area contributed by atoms with Gasteiger partial charge in [-0.1, -0.05) is 17.7 Å². The number of hydrogen-bond acceptors (Lipinski definition) is 4. The number of nitrogens with zero attached hydrogens (tertiary/aromatic N) is 1. The molecular weight excluding hydrogens is 303 g/mol. The lowest BCUT2D eigenvalue weighted by Crippen LogP contribution is -2.06. The fourth-order valence-corrected chi connectivity index (χ4v) is 1.94. The number of aromatic carboxylic acids is 1. The Morgan fingerprint density at radius 3 is 2.62 bits per heavy atom. The molecule has 0 aliphatic rings. The molecular formula is C13H8ClFN2O4. The van der Waals surface area contributed by atoms with Gasteiger partial charge in [-0.25, -0.2) is 9.18 Å². The summed E-state index contributed by atoms with van der Waals surface area (Å²) in [5.41, 5.74) is -0.766. The summed E-state index contributed by atoms with van der Waals surface area (Å²) in [6, 6.07) is 7.02. The highest BCUT2D eigenvalue weighted by molar-refractivity contribution is 6.33. The summed E-state index contributed by atoms with van der Waals surface area (Å²) >= 11 is 5.82. The Morgan fingerprint density at radius 2 is 2.05 bits per heavy atom. The molecule has 2 rings (SSSR count). The van der Waals surface area contributed by atoms with E-state index >= 15 is 0 Å². The number of carbonyl (C=O) groups is 1. The van der Waals surface area contributed by atoms with Crippen molar-refractivity contribution in [2.45, 2.75) is 0 Å². The van der Waals surface area contributed by atoms with Crippen molar-refractivity contribution in [2.24, 2.45) is 0 Å². The van der Waals surface area contributed by atoms with Crippen molar-refractivity contribution in [1.82, 2.24) is 0 Å². The molecule has 2 aromatic rings. The van der Waals surface area contributed by atoms with Gasteiger partial charge >= 0.3 is 5.97 Å². The van der Waals surface area contributed by atoms with Gasteiger partial charge in [0.15, 0.2) is 0 Å². The molecule has 2 N–H and O–H groups in total. The van der Waals surface area contributed by atoms with E-state index in [0.717, 1.165) is 18.2 Å². The Hall–Kier alpha value is -2.67. The standard InChI is InChI=1S/C13H8ClFN2O4/c14-9-6-7(15)4-5-10(9)16-12-8(13(18)19)2-1-3-11(12)17(20)21/h1-6,16H,(H,18,19). The van der Waals surface area contributed by atoms with Gasteiger partial charge in [0.25, 0.3) is 5.69 Å². The van der Waals surface area contributed by atoms with E-state index in [0.29, 0.717) is 0 Å². The van der Waals surface area contributed by atoms with Crippen LogP contribution in [0.5, 0.6) is 0 Å². The molecule has 0 saturated heterocycles. The molecule has 8 heteroatoms. The molecule has 0 heterocycles. The lowest BCUT2D eigenvalue weighted by Gasteiger charge is -2.11. The Balaban J connectivity index is 2.56. The van der Waals surface area contributed by atoms with Gasteiger partial charge in [-0.05, 0) is 24.3 Å². The zero-order valence-corrected chi connectivity index (χ0v) is 11.1. The zero-order chi connectivity index (χ0) is 15.6. The smallest absolute Gasteiger partial charge is 0.338 e. The largest absolute Gasteiger partial charge is 0.478 e. The van der Waals surface area contributed by atoms with Crippen LogP contribution in [0, 0.1) is 15.9 Å². The molecule has 0 fully saturated rings. The molecule has 0 unspecified atom stereocenters. The van der Waals surface area contributed by atoms with E-state index < -0.39 is 22.4 Å². The monoisotopic (exact) mass is 310 g/mol. The normalized spacial score (nSPS) is 10.2. The fourth-order valence-electron chi connectivity index (χ4n) is 1.73. The van der Waals surface area contributed by atoms with Gasteiger partial charge < -0.3 is 10.4 Å². The summed E-state index contributed by atoms with van der Waals surface area (Å²) in [4.78, 5) is 21.5. The van der Waals surface area contributed by atoms with Crippen molar-refractivity contribution < 1.29 is 19.2 Å².